The van der Waals surface area contributed by atoms with E-state index in [1.54, 1.807) is 0 Å². The molecule has 4 N–H and O–H groups in total. The van der Waals surface area contributed by atoms with Crippen LogP contribution >= 0.6 is 7.82 Å². The van der Waals surface area contributed by atoms with Gasteiger partial charge in [0.2, 0.25) is 0 Å². The number of phosphoric acid groups is 1. The summed E-state index contributed by atoms with van der Waals surface area (Å²) in [5, 5.41) is 8.86. The molecule has 11 nitrogen and oxygen atoms in total. The molecule has 0 fully saturated rings. The number of hydrogen-bond acceptors (Lipinski definition) is 9. The topological polar surface area (TPSA) is 172 Å². The summed E-state index contributed by atoms with van der Waals surface area (Å²) in [7, 11) is -4.72. The van der Waals surface area contributed by atoms with Gasteiger partial charge in [-0.05, 0) is 77.0 Å². The maximum absolute atomic E-state index is 12.6. The summed E-state index contributed by atoms with van der Waals surface area (Å²) >= 11 is 0. The number of phosphoric ester groups is 1. The van der Waals surface area contributed by atoms with Crippen molar-refractivity contribution >= 4 is 25.7 Å². The van der Waals surface area contributed by atoms with Gasteiger partial charge in [-0.15, -0.1) is 0 Å². The largest absolute Gasteiger partial charge is 0.480 e. The number of carbonyl (C=O) groups excluding carboxylic acids is 2. The standard InChI is InChI=1S/C40H70NO10P/c1-3-5-7-9-11-13-15-17-18-20-21-23-25-27-29-31-38(42)48-33-36(34-49-52(46,47)50-35-37(41)40(44)45)51-39(43)32-30-28-26-24-22-19-16-14-12-10-8-6-4-2/h11,13-14,16-18,21,23,36-37H,3-10,12,15,19-20,22,24-35,41H2,1-2H3,(H,44,45)(H,46,47)/b13-11-,16-14-,18-17-,23-21-/t36-,37+/m1/s1. The number of nitrogens with two attached hydrogens (primary N) is 1. The molecular weight excluding hydrogens is 685 g/mol. The zero-order valence-electron chi connectivity index (χ0n) is 32.1. The van der Waals surface area contributed by atoms with Crippen LogP contribution < -0.4 is 5.73 Å². The molecule has 52 heavy (non-hydrogen) atoms. The Kier molecular flexibility index (Phi) is 33.7. The van der Waals surface area contributed by atoms with Crippen molar-refractivity contribution in [3.63, 3.8) is 0 Å². The Labute approximate surface area is 314 Å². The first-order valence-corrected chi connectivity index (χ1v) is 21.2. The molecule has 0 aliphatic rings. The summed E-state index contributed by atoms with van der Waals surface area (Å²) in [5.41, 5.74) is 5.31. The number of rotatable bonds is 36. The van der Waals surface area contributed by atoms with Crippen LogP contribution in [0.1, 0.15) is 155 Å². The first-order chi connectivity index (χ1) is 25.1. The van der Waals surface area contributed by atoms with Gasteiger partial charge in [0.15, 0.2) is 6.10 Å². The van der Waals surface area contributed by atoms with E-state index in [1.807, 2.05) is 0 Å². The molecule has 0 aliphatic carbocycles. The number of carboxylic acids is 1. The van der Waals surface area contributed by atoms with Crippen LogP contribution in [0.5, 0.6) is 0 Å². The van der Waals surface area contributed by atoms with E-state index in [9.17, 15) is 23.8 Å². The van der Waals surface area contributed by atoms with Crippen LogP contribution in [-0.4, -0.2) is 59.9 Å². The first kappa shape index (κ1) is 49.4. The lowest BCUT2D eigenvalue weighted by Gasteiger charge is -2.20. The van der Waals surface area contributed by atoms with Crippen LogP contribution in [0.3, 0.4) is 0 Å². The molecule has 12 heteroatoms. The van der Waals surface area contributed by atoms with Gasteiger partial charge in [-0.3, -0.25) is 23.4 Å². The predicted molar refractivity (Wildman–Crippen MR) is 208 cm³/mol. The molecule has 0 aromatic heterocycles. The van der Waals surface area contributed by atoms with E-state index in [-0.39, 0.29) is 19.4 Å². The fourth-order valence-electron chi connectivity index (χ4n) is 4.89. The third-order valence-electron chi connectivity index (χ3n) is 8.05. The van der Waals surface area contributed by atoms with Gasteiger partial charge < -0.3 is 25.2 Å². The van der Waals surface area contributed by atoms with E-state index < -0.39 is 51.1 Å². The molecule has 0 rings (SSSR count). The SMILES string of the molecule is CCCCC/C=C\C/C=C\C/C=C\CCCCC(=O)OC[C@H](COP(=O)(O)OC[C@H](N)C(=O)O)OC(=O)CCCCCCC/C=C\CCCCCC. The highest BCUT2D eigenvalue weighted by Gasteiger charge is 2.28. The number of unbranched alkanes of at least 4 members (excludes halogenated alkanes) is 14. The van der Waals surface area contributed by atoms with Crippen LogP contribution in [0.4, 0.5) is 0 Å². The molecule has 0 saturated carbocycles. The average Bonchev–Trinajstić information content (AvgIpc) is 3.12. The summed E-state index contributed by atoms with van der Waals surface area (Å²) in [6.45, 7) is 2.68. The Bertz CT molecular complexity index is 1070. The fraction of sp³-hybridized carbons (Fsp3) is 0.725. The summed E-state index contributed by atoms with van der Waals surface area (Å²) < 4.78 is 32.5. The van der Waals surface area contributed by atoms with Crippen molar-refractivity contribution in [1.29, 1.82) is 0 Å². The van der Waals surface area contributed by atoms with Crippen molar-refractivity contribution < 1.29 is 47.5 Å². The minimum Gasteiger partial charge on any atom is -0.480 e. The number of esters is 2. The number of carbonyl (C=O) groups is 3. The Balaban J connectivity index is 4.52. The second-order valence-electron chi connectivity index (χ2n) is 13.1. The molecule has 0 bridgehead atoms. The second kappa shape index (κ2) is 35.5. The summed E-state index contributed by atoms with van der Waals surface area (Å²) in [6, 6.07) is -1.53. The Morgan fingerprint density at radius 3 is 1.62 bits per heavy atom. The fourth-order valence-corrected chi connectivity index (χ4v) is 5.67. The molecule has 3 atom stereocenters. The highest BCUT2D eigenvalue weighted by Crippen LogP contribution is 2.43. The van der Waals surface area contributed by atoms with Crippen LogP contribution in [0, 0.1) is 0 Å². The highest BCUT2D eigenvalue weighted by molar-refractivity contribution is 7.47. The van der Waals surface area contributed by atoms with E-state index in [4.69, 9.17) is 24.8 Å². The summed E-state index contributed by atoms with van der Waals surface area (Å²) in [5.74, 6) is -2.44. The number of carboxylic acid groups (broad SMARTS) is 1. The minimum atomic E-state index is -4.72. The van der Waals surface area contributed by atoms with Crippen LogP contribution in [0.15, 0.2) is 48.6 Å². The number of aliphatic carboxylic acids is 1. The molecule has 0 spiro atoms. The van der Waals surface area contributed by atoms with Gasteiger partial charge >= 0.3 is 25.7 Å². The molecule has 0 aromatic carbocycles. The quantitative estimate of drug-likeness (QED) is 0.0241. The molecule has 0 heterocycles. The summed E-state index contributed by atoms with van der Waals surface area (Å²) in [4.78, 5) is 45.8. The molecule has 0 aliphatic heterocycles. The van der Waals surface area contributed by atoms with E-state index in [0.29, 0.717) is 12.8 Å². The Hall–Kier alpha value is -2.56. The molecule has 1 unspecified atom stereocenters. The van der Waals surface area contributed by atoms with Gasteiger partial charge in [0.05, 0.1) is 13.2 Å². The van der Waals surface area contributed by atoms with Crippen LogP contribution in [0.25, 0.3) is 0 Å². The van der Waals surface area contributed by atoms with Crippen molar-refractivity contribution in [2.75, 3.05) is 19.8 Å². The van der Waals surface area contributed by atoms with Gasteiger partial charge in [0, 0.05) is 12.8 Å². The smallest absolute Gasteiger partial charge is 0.472 e. The maximum atomic E-state index is 12.6. The van der Waals surface area contributed by atoms with Gasteiger partial charge in [-0.1, -0.05) is 114 Å². The minimum absolute atomic E-state index is 0.141. The third kappa shape index (κ3) is 34.5. The lowest BCUT2D eigenvalue weighted by Crippen LogP contribution is -2.34. The molecule has 300 valence electrons. The molecule has 0 amide bonds. The first-order valence-electron chi connectivity index (χ1n) is 19.7. The van der Waals surface area contributed by atoms with Crippen molar-refractivity contribution in [3.8, 4) is 0 Å². The Morgan fingerprint density at radius 2 is 1.02 bits per heavy atom. The predicted octanol–water partition coefficient (Wildman–Crippen LogP) is 9.83. The van der Waals surface area contributed by atoms with Gasteiger partial charge in [-0.2, -0.15) is 0 Å². The third-order valence-corrected chi connectivity index (χ3v) is 9.00. The zero-order valence-corrected chi connectivity index (χ0v) is 33.0. The summed E-state index contributed by atoms with van der Waals surface area (Å²) in [6.07, 6.45) is 37.5. The maximum Gasteiger partial charge on any atom is 0.472 e. The lowest BCUT2D eigenvalue weighted by atomic mass is 10.1. The lowest BCUT2D eigenvalue weighted by molar-refractivity contribution is -0.161. The zero-order chi connectivity index (χ0) is 38.5. The monoisotopic (exact) mass is 755 g/mol. The van der Waals surface area contributed by atoms with Crippen molar-refractivity contribution in [1.82, 2.24) is 0 Å². The highest BCUT2D eigenvalue weighted by atomic mass is 31.2. The van der Waals surface area contributed by atoms with E-state index >= 15 is 0 Å². The normalized spacial score (nSPS) is 14.4. The van der Waals surface area contributed by atoms with Crippen LogP contribution in [-0.2, 0) is 37.5 Å². The average molecular weight is 756 g/mol. The van der Waals surface area contributed by atoms with Gasteiger partial charge in [-0.25, -0.2) is 4.57 Å². The van der Waals surface area contributed by atoms with Gasteiger partial charge in [0.25, 0.3) is 0 Å². The number of ether oxygens (including phenoxy) is 2. The van der Waals surface area contributed by atoms with Gasteiger partial charge in [0.1, 0.15) is 12.6 Å². The second-order valence-corrected chi connectivity index (χ2v) is 14.5. The van der Waals surface area contributed by atoms with E-state index in [0.717, 1.165) is 70.6 Å². The van der Waals surface area contributed by atoms with E-state index in [1.165, 1.54) is 44.9 Å². The number of allylic oxidation sites excluding steroid dienone is 8. The molecule has 0 radical (unpaired) electrons. The van der Waals surface area contributed by atoms with Crippen molar-refractivity contribution in [2.45, 2.75) is 167 Å². The number of hydrogen-bond donors (Lipinski definition) is 3. The molecule has 0 saturated heterocycles. The molecular formula is C40H70NO10P. The van der Waals surface area contributed by atoms with E-state index in [2.05, 4.69) is 67.0 Å². The van der Waals surface area contributed by atoms with Crippen LogP contribution in [0.2, 0.25) is 0 Å². The van der Waals surface area contributed by atoms with Crippen molar-refractivity contribution in [2.24, 2.45) is 5.73 Å². The Morgan fingerprint density at radius 1 is 0.596 bits per heavy atom. The molecule has 0 aromatic rings. The van der Waals surface area contributed by atoms with Crippen molar-refractivity contribution in [3.05, 3.63) is 48.6 Å².